The molecule has 1 saturated carbocycles. The first-order valence-corrected chi connectivity index (χ1v) is 11.3. The molecule has 1 aromatic carbocycles. The monoisotopic (exact) mass is 334 g/mol. The quantitative estimate of drug-likeness (QED) is 0.662. The van der Waals surface area contributed by atoms with Gasteiger partial charge in [0.1, 0.15) is 0 Å². The summed E-state index contributed by atoms with van der Waals surface area (Å²) < 4.78 is 6.75. The topological polar surface area (TPSA) is 29.5 Å². The van der Waals surface area contributed by atoms with Crippen molar-refractivity contribution in [1.29, 1.82) is 0 Å². The van der Waals surface area contributed by atoms with Crippen LogP contribution in [0.5, 0.6) is 0 Å². The van der Waals surface area contributed by atoms with E-state index in [1.807, 2.05) is 0 Å². The minimum atomic E-state index is -1.80. The summed E-state index contributed by atoms with van der Waals surface area (Å²) in [6.07, 6.45) is 0. The smallest absolute Gasteiger partial charge is 0.200 e. The molecule has 1 aromatic rings. The number of aliphatic hydroxyl groups excluding tert-OH is 1. The number of benzene rings is 1. The zero-order valence-electron chi connectivity index (χ0n) is 15.6. The van der Waals surface area contributed by atoms with Gasteiger partial charge in [0.2, 0.25) is 0 Å². The second kappa shape index (κ2) is 7.50. The van der Waals surface area contributed by atoms with E-state index in [0.717, 1.165) is 6.61 Å². The van der Waals surface area contributed by atoms with Gasteiger partial charge in [0, 0.05) is 13.2 Å². The van der Waals surface area contributed by atoms with Gasteiger partial charge in [-0.05, 0) is 39.9 Å². The fourth-order valence-corrected chi connectivity index (χ4v) is 10.3. The van der Waals surface area contributed by atoms with Crippen LogP contribution in [-0.2, 0) is 4.43 Å². The van der Waals surface area contributed by atoms with E-state index in [1.165, 1.54) is 5.56 Å². The lowest BCUT2D eigenvalue weighted by Gasteiger charge is -2.42. The van der Waals surface area contributed by atoms with E-state index in [4.69, 9.17) is 4.43 Å². The highest BCUT2D eigenvalue weighted by molar-refractivity contribution is 6.77. The third-order valence-corrected chi connectivity index (χ3v) is 12.0. The summed E-state index contributed by atoms with van der Waals surface area (Å²) in [7, 11) is -1.80. The van der Waals surface area contributed by atoms with E-state index in [9.17, 15) is 5.11 Å². The highest BCUT2D eigenvalue weighted by Crippen LogP contribution is 2.55. The Hall–Kier alpha value is -0.643. The molecule has 0 aliphatic heterocycles. The van der Waals surface area contributed by atoms with Gasteiger partial charge < -0.3 is 9.53 Å². The molecule has 3 atom stereocenters. The summed E-state index contributed by atoms with van der Waals surface area (Å²) >= 11 is 0. The average Bonchev–Trinajstić information content (AvgIpc) is 3.21. The Balaban J connectivity index is 2.09. The van der Waals surface area contributed by atoms with E-state index in [-0.39, 0.29) is 6.61 Å². The lowest BCUT2D eigenvalue weighted by atomic mass is 10.1. The van der Waals surface area contributed by atoms with Gasteiger partial charge >= 0.3 is 0 Å². The van der Waals surface area contributed by atoms with Crippen LogP contribution in [0.25, 0.3) is 0 Å². The molecule has 0 saturated heterocycles. The van der Waals surface area contributed by atoms with Gasteiger partial charge in [-0.3, -0.25) is 0 Å². The summed E-state index contributed by atoms with van der Waals surface area (Å²) in [5.74, 6) is 1.32. The third-order valence-electron chi connectivity index (χ3n) is 5.96. The lowest BCUT2D eigenvalue weighted by Crippen LogP contribution is -2.48. The predicted octanol–water partition coefficient (Wildman–Crippen LogP) is 5.20. The molecule has 0 aromatic heterocycles. The van der Waals surface area contributed by atoms with E-state index in [2.05, 4.69) is 71.9 Å². The van der Waals surface area contributed by atoms with Crippen LogP contribution in [0, 0.1) is 11.8 Å². The predicted molar refractivity (Wildman–Crippen MR) is 100 cm³/mol. The van der Waals surface area contributed by atoms with Crippen molar-refractivity contribution in [3.8, 4) is 0 Å². The standard InChI is InChI=1S/C20H34O2Si/c1-14(2)23(15(3)4,16(5)6)22-13-19-18(12-21)20(19)17-10-8-7-9-11-17/h7-11,14-16,18-21H,12-13H2,1-6H3/t18-,19-,20-/m1/s1. The Morgan fingerprint density at radius 1 is 0.913 bits per heavy atom. The van der Waals surface area contributed by atoms with Crippen molar-refractivity contribution in [2.24, 2.45) is 11.8 Å². The van der Waals surface area contributed by atoms with Gasteiger partial charge in [-0.1, -0.05) is 71.9 Å². The SMILES string of the molecule is CC(C)[Si](OC[C@@H]1[C@@H](CO)[C@H]1c1ccccc1)(C(C)C)C(C)C. The summed E-state index contributed by atoms with van der Waals surface area (Å²) in [5, 5.41) is 9.72. The van der Waals surface area contributed by atoms with Crippen LogP contribution in [0.4, 0.5) is 0 Å². The second-order valence-electron chi connectivity index (χ2n) is 8.08. The van der Waals surface area contributed by atoms with E-state index in [1.54, 1.807) is 0 Å². The number of aliphatic hydroxyl groups is 1. The van der Waals surface area contributed by atoms with Crippen LogP contribution in [0.15, 0.2) is 30.3 Å². The van der Waals surface area contributed by atoms with Gasteiger partial charge in [-0.15, -0.1) is 0 Å². The summed E-state index contributed by atoms with van der Waals surface area (Å²) in [4.78, 5) is 0. The second-order valence-corrected chi connectivity index (χ2v) is 13.5. The maximum absolute atomic E-state index is 9.72. The maximum Gasteiger partial charge on any atom is 0.200 e. The summed E-state index contributed by atoms with van der Waals surface area (Å²) in [6, 6.07) is 10.6. The average molecular weight is 335 g/mol. The fraction of sp³-hybridized carbons (Fsp3) is 0.700. The van der Waals surface area contributed by atoms with Crippen molar-refractivity contribution < 1.29 is 9.53 Å². The molecule has 0 spiro atoms. The van der Waals surface area contributed by atoms with Gasteiger partial charge in [0.15, 0.2) is 8.32 Å². The molecular formula is C20H34O2Si. The Kier molecular flexibility index (Phi) is 6.09. The van der Waals surface area contributed by atoms with Crippen LogP contribution in [0.2, 0.25) is 16.6 Å². The molecule has 23 heavy (non-hydrogen) atoms. The van der Waals surface area contributed by atoms with Crippen LogP contribution in [-0.4, -0.2) is 26.6 Å². The molecule has 0 unspecified atom stereocenters. The van der Waals surface area contributed by atoms with Crippen LogP contribution in [0.1, 0.15) is 53.0 Å². The summed E-state index contributed by atoms with van der Waals surface area (Å²) in [6.45, 7) is 15.1. The molecule has 2 rings (SSSR count). The highest BCUT2D eigenvalue weighted by Gasteiger charge is 2.53. The molecule has 1 N–H and O–H groups in total. The lowest BCUT2D eigenvalue weighted by molar-refractivity contribution is 0.228. The Labute approximate surface area is 143 Å². The Bertz CT molecular complexity index is 462. The van der Waals surface area contributed by atoms with Crippen molar-refractivity contribution >= 4 is 8.32 Å². The van der Waals surface area contributed by atoms with Crippen molar-refractivity contribution in [3.63, 3.8) is 0 Å². The van der Waals surface area contributed by atoms with Gasteiger partial charge in [0.05, 0.1) is 0 Å². The molecule has 130 valence electrons. The normalized spacial score (nSPS) is 24.7. The molecule has 0 radical (unpaired) electrons. The van der Waals surface area contributed by atoms with E-state index in [0.29, 0.717) is 34.4 Å². The molecular weight excluding hydrogens is 300 g/mol. The fourth-order valence-electron chi connectivity index (χ4n) is 4.83. The maximum atomic E-state index is 9.72. The number of rotatable bonds is 8. The van der Waals surface area contributed by atoms with Crippen LogP contribution in [0.3, 0.4) is 0 Å². The van der Waals surface area contributed by atoms with Gasteiger partial charge in [0.25, 0.3) is 0 Å². The highest BCUT2D eigenvalue weighted by atomic mass is 28.4. The molecule has 0 heterocycles. The zero-order valence-corrected chi connectivity index (χ0v) is 16.6. The number of hydrogen-bond donors (Lipinski definition) is 1. The van der Waals surface area contributed by atoms with E-state index >= 15 is 0 Å². The Morgan fingerprint density at radius 3 is 1.87 bits per heavy atom. The van der Waals surface area contributed by atoms with Gasteiger partial charge in [-0.25, -0.2) is 0 Å². The first-order chi connectivity index (χ1) is 10.9. The third kappa shape index (κ3) is 3.57. The first-order valence-electron chi connectivity index (χ1n) is 9.16. The minimum absolute atomic E-state index is 0.271. The van der Waals surface area contributed by atoms with E-state index < -0.39 is 8.32 Å². The molecule has 2 nitrogen and oxygen atoms in total. The summed E-state index contributed by atoms with van der Waals surface area (Å²) in [5.41, 5.74) is 3.20. The number of hydrogen-bond acceptors (Lipinski definition) is 2. The molecule has 1 aliphatic carbocycles. The Morgan fingerprint density at radius 2 is 1.43 bits per heavy atom. The van der Waals surface area contributed by atoms with Crippen molar-refractivity contribution in [3.05, 3.63) is 35.9 Å². The largest absolute Gasteiger partial charge is 0.416 e. The van der Waals surface area contributed by atoms with Gasteiger partial charge in [-0.2, -0.15) is 0 Å². The van der Waals surface area contributed by atoms with Crippen molar-refractivity contribution in [1.82, 2.24) is 0 Å². The molecule has 0 bridgehead atoms. The van der Waals surface area contributed by atoms with Crippen LogP contribution >= 0.6 is 0 Å². The molecule has 3 heteroatoms. The van der Waals surface area contributed by atoms with Crippen molar-refractivity contribution in [2.75, 3.05) is 13.2 Å². The van der Waals surface area contributed by atoms with Crippen LogP contribution < -0.4 is 0 Å². The molecule has 1 fully saturated rings. The minimum Gasteiger partial charge on any atom is -0.416 e. The first kappa shape index (κ1) is 18.7. The van der Waals surface area contributed by atoms with Crippen molar-refractivity contribution in [2.45, 2.75) is 64.1 Å². The molecule has 1 aliphatic rings. The molecule has 0 amide bonds. The zero-order chi connectivity index (χ0) is 17.2.